The highest BCUT2D eigenvalue weighted by Gasteiger charge is 2.35. The number of amides is 1. The van der Waals surface area contributed by atoms with Crippen molar-refractivity contribution in [3.8, 4) is 0 Å². The van der Waals surface area contributed by atoms with Gasteiger partial charge in [0.1, 0.15) is 0 Å². The van der Waals surface area contributed by atoms with E-state index in [1.165, 1.54) is 6.42 Å². The van der Waals surface area contributed by atoms with E-state index in [-0.39, 0.29) is 18.6 Å². The predicted octanol–water partition coefficient (Wildman–Crippen LogP) is 0.547. The van der Waals surface area contributed by atoms with Crippen LogP contribution in [0.15, 0.2) is 0 Å². The number of nitrogens with one attached hydrogen (secondary N) is 2. The van der Waals surface area contributed by atoms with Crippen LogP contribution in [0, 0.1) is 0 Å². The molecule has 3 atom stereocenters. The zero-order valence-corrected chi connectivity index (χ0v) is 12.1. The zero-order valence-electron chi connectivity index (χ0n) is 12.1. The topological polar surface area (TPSA) is 81.6 Å². The number of carbonyl (C=O) groups is 1. The van der Waals surface area contributed by atoms with Crippen molar-refractivity contribution in [3.63, 3.8) is 0 Å². The Hall–Kier alpha value is -0.650. The summed E-state index contributed by atoms with van der Waals surface area (Å²) in [6, 6.07) is 0.242. The van der Waals surface area contributed by atoms with Gasteiger partial charge < -0.3 is 20.8 Å². The van der Waals surface area contributed by atoms with Crippen molar-refractivity contribution in [1.29, 1.82) is 0 Å². The van der Waals surface area contributed by atoms with Gasteiger partial charge in [-0.3, -0.25) is 4.79 Å². The van der Waals surface area contributed by atoms with E-state index in [4.69, 9.17) is 5.11 Å². The average molecular weight is 272 g/mol. The van der Waals surface area contributed by atoms with Crippen LogP contribution in [-0.4, -0.2) is 47.0 Å². The van der Waals surface area contributed by atoms with Crippen LogP contribution in [0.3, 0.4) is 0 Å². The molecular formula is C14H28N2O3. The Kier molecular flexibility index (Phi) is 6.75. The van der Waals surface area contributed by atoms with Crippen molar-refractivity contribution >= 4 is 5.91 Å². The molecule has 19 heavy (non-hydrogen) atoms. The first-order valence-corrected chi connectivity index (χ1v) is 7.37. The van der Waals surface area contributed by atoms with E-state index in [0.29, 0.717) is 19.3 Å². The largest absolute Gasteiger partial charge is 0.396 e. The van der Waals surface area contributed by atoms with Crippen LogP contribution in [0.2, 0.25) is 0 Å². The van der Waals surface area contributed by atoms with E-state index < -0.39 is 11.6 Å². The number of carbonyl (C=O) groups excluding carboxylic acids is 1. The molecule has 0 saturated carbocycles. The molecule has 1 aliphatic heterocycles. The van der Waals surface area contributed by atoms with Gasteiger partial charge in [-0.2, -0.15) is 0 Å². The highest BCUT2D eigenvalue weighted by molar-refractivity contribution is 5.77. The van der Waals surface area contributed by atoms with Crippen molar-refractivity contribution in [3.05, 3.63) is 0 Å². The Morgan fingerprint density at radius 2 is 2.26 bits per heavy atom. The molecule has 0 aromatic heterocycles. The molecule has 0 bridgehead atoms. The lowest BCUT2D eigenvalue weighted by molar-refractivity contribution is -0.125. The minimum atomic E-state index is -0.708. The molecule has 0 aliphatic carbocycles. The normalized spacial score (nSPS) is 24.5. The van der Waals surface area contributed by atoms with Gasteiger partial charge in [0.25, 0.3) is 0 Å². The Bertz CT molecular complexity index is 278. The highest BCUT2D eigenvalue weighted by Crippen LogP contribution is 2.21. The SMILES string of the molecule is CCC(CCO)(NC(=O)CC1CCCCN1)C(C)O. The van der Waals surface area contributed by atoms with Crippen molar-refractivity contribution in [2.75, 3.05) is 13.2 Å². The van der Waals surface area contributed by atoms with Crippen molar-refractivity contribution in [2.24, 2.45) is 0 Å². The molecular weight excluding hydrogens is 244 g/mol. The fourth-order valence-electron chi connectivity index (χ4n) is 2.79. The van der Waals surface area contributed by atoms with Crippen LogP contribution in [0.1, 0.15) is 52.4 Å². The van der Waals surface area contributed by atoms with Crippen LogP contribution in [-0.2, 0) is 4.79 Å². The molecule has 1 fully saturated rings. The summed E-state index contributed by atoms with van der Waals surface area (Å²) in [7, 11) is 0. The molecule has 0 aromatic carbocycles. The van der Waals surface area contributed by atoms with E-state index in [2.05, 4.69) is 10.6 Å². The Balaban J connectivity index is 2.54. The third-order valence-electron chi connectivity index (χ3n) is 4.22. The van der Waals surface area contributed by atoms with Crippen LogP contribution < -0.4 is 10.6 Å². The van der Waals surface area contributed by atoms with Crippen molar-refractivity contribution in [2.45, 2.75) is 70.1 Å². The molecule has 0 radical (unpaired) electrons. The third kappa shape index (κ3) is 4.75. The molecule has 1 aliphatic rings. The van der Waals surface area contributed by atoms with Crippen molar-refractivity contribution in [1.82, 2.24) is 10.6 Å². The zero-order chi connectivity index (χ0) is 14.3. The second-order valence-corrected chi connectivity index (χ2v) is 5.56. The molecule has 1 rings (SSSR count). The lowest BCUT2D eigenvalue weighted by atomic mass is 9.86. The minimum Gasteiger partial charge on any atom is -0.396 e. The number of hydrogen-bond donors (Lipinski definition) is 4. The number of aliphatic hydroxyl groups excluding tert-OH is 2. The molecule has 0 spiro atoms. The first-order chi connectivity index (χ1) is 9.04. The van der Waals surface area contributed by atoms with Gasteiger partial charge in [-0.15, -0.1) is 0 Å². The number of rotatable bonds is 7. The summed E-state index contributed by atoms with van der Waals surface area (Å²) in [6.07, 6.45) is 4.13. The maximum atomic E-state index is 12.1. The van der Waals surface area contributed by atoms with Gasteiger partial charge in [-0.25, -0.2) is 0 Å². The molecule has 0 aromatic rings. The van der Waals surface area contributed by atoms with Gasteiger partial charge >= 0.3 is 0 Å². The second kappa shape index (κ2) is 7.82. The quantitative estimate of drug-likeness (QED) is 0.545. The lowest BCUT2D eigenvalue weighted by Crippen LogP contribution is -2.56. The van der Waals surface area contributed by atoms with E-state index in [9.17, 15) is 9.90 Å². The summed E-state index contributed by atoms with van der Waals surface area (Å²) in [4.78, 5) is 12.1. The number of piperidine rings is 1. The fourth-order valence-corrected chi connectivity index (χ4v) is 2.79. The molecule has 5 nitrogen and oxygen atoms in total. The highest BCUT2D eigenvalue weighted by atomic mass is 16.3. The van der Waals surface area contributed by atoms with E-state index in [1.54, 1.807) is 6.92 Å². The van der Waals surface area contributed by atoms with Gasteiger partial charge in [0.2, 0.25) is 5.91 Å². The van der Waals surface area contributed by atoms with Gasteiger partial charge in [-0.1, -0.05) is 13.3 Å². The van der Waals surface area contributed by atoms with E-state index >= 15 is 0 Å². The second-order valence-electron chi connectivity index (χ2n) is 5.56. The summed E-state index contributed by atoms with van der Waals surface area (Å²) in [5.74, 6) is -0.0457. The molecule has 1 heterocycles. The molecule has 1 saturated heterocycles. The molecule has 3 unspecified atom stereocenters. The monoisotopic (exact) mass is 272 g/mol. The first-order valence-electron chi connectivity index (χ1n) is 7.37. The van der Waals surface area contributed by atoms with E-state index in [1.807, 2.05) is 6.92 Å². The molecule has 4 N–H and O–H groups in total. The summed E-state index contributed by atoms with van der Waals surface area (Å²) < 4.78 is 0. The summed E-state index contributed by atoms with van der Waals surface area (Å²) in [5, 5.41) is 25.3. The standard InChI is InChI=1S/C14H28N2O3/c1-3-14(7-9-17,11(2)18)16-13(19)10-12-6-4-5-8-15-12/h11-12,15,17-18H,3-10H2,1-2H3,(H,16,19). The number of aliphatic hydroxyl groups is 2. The summed E-state index contributed by atoms with van der Waals surface area (Å²) >= 11 is 0. The maximum absolute atomic E-state index is 12.1. The predicted molar refractivity (Wildman–Crippen MR) is 74.8 cm³/mol. The van der Waals surface area contributed by atoms with Crippen LogP contribution in [0.25, 0.3) is 0 Å². The van der Waals surface area contributed by atoms with Crippen LogP contribution in [0.5, 0.6) is 0 Å². The Morgan fingerprint density at radius 1 is 1.53 bits per heavy atom. The molecule has 5 heteroatoms. The lowest BCUT2D eigenvalue weighted by Gasteiger charge is -2.37. The molecule has 1 amide bonds. The van der Waals surface area contributed by atoms with Crippen LogP contribution >= 0.6 is 0 Å². The van der Waals surface area contributed by atoms with Gasteiger partial charge in [0.05, 0.1) is 11.6 Å². The maximum Gasteiger partial charge on any atom is 0.222 e. The number of hydrogen-bond acceptors (Lipinski definition) is 4. The first kappa shape index (κ1) is 16.4. The summed E-state index contributed by atoms with van der Waals surface area (Å²) in [5.41, 5.74) is -0.708. The smallest absolute Gasteiger partial charge is 0.222 e. The van der Waals surface area contributed by atoms with Crippen LogP contribution in [0.4, 0.5) is 0 Å². The summed E-state index contributed by atoms with van der Waals surface area (Å²) in [6.45, 7) is 4.52. The minimum absolute atomic E-state index is 0.0410. The third-order valence-corrected chi connectivity index (χ3v) is 4.22. The van der Waals surface area contributed by atoms with Gasteiger partial charge in [-0.05, 0) is 39.2 Å². The molecule has 112 valence electrons. The Labute approximate surface area is 115 Å². The van der Waals surface area contributed by atoms with Crippen molar-refractivity contribution < 1.29 is 15.0 Å². The van der Waals surface area contributed by atoms with Gasteiger partial charge in [0, 0.05) is 19.1 Å². The van der Waals surface area contributed by atoms with E-state index in [0.717, 1.165) is 19.4 Å². The Morgan fingerprint density at radius 3 is 2.74 bits per heavy atom. The fraction of sp³-hybridized carbons (Fsp3) is 0.929. The van der Waals surface area contributed by atoms with Gasteiger partial charge in [0.15, 0.2) is 0 Å². The average Bonchev–Trinajstić information content (AvgIpc) is 2.39.